The lowest BCUT2D eigenvalue weighted by Gasteiger charge is -2.28. The molecule has 1 unspecified atom stereocenters. The van der Waals surface area contributed by atoms with Crippen LogP contribution in [-0.4, -0.2) is 59.0 Å². The van der Waals surface area contributed by atoms with Gasteiger partial charge in [-0.05, 0) is 61.5 Å². The third-order valence-electron chi connectivity index (χ3n) is 8.66. The van der Waals surface area contributed by atoms with Crippen LogP contribution in [0.2, 0.25) is 0 Å². The Hall–Kier alpha value is -4.30. The maximum Gasteiger partial charge on any atom is 0.303 e. The summed E-state index contributed by atoms with van der Waals surface area (Å²) in [5.74, 6) is -1.60. The molecule has 11 nitrogen and oxygen atoms in total. The normalized spacial score (nSPS) is 18.5. The van der Waals surface area contributed by atoms with Gasteiger partial charge in [0.15, 0.2) is 0 Å². The Labute approximate surface area is 265 Å². The molecule has 242 valence electrons. The lowest BCUT2D eigenvalue weighted by atomic mass is 9.83. The molecule has 0 radical (unpaired) electrons. The van der Waals surface area contributed by atoms with E-state index in [-0.39, 0.29) is 35.4 Å². The molecule has 0 aliphatic carbocycles. The van der Waals surface area contributed by atoms with Crippen LogP contribution in [0.3, 0.4) is 0 Å². The highest BCUT2D eigenvalue weighted by atomic mass is 16.6. The zero-order chi connectivity index (χ0) is 33.3. The number of ether oxygens (including phenoxy) is 1. The van der Waals surface area contributed by atoms with Crippen molar-refractivity contribution in [1.82, 2.24) is 4.90 Å². The molecule has 0 fully saturated rings. The number of benzene rings is 1. The largest absolute Gasteiger partial charge is 0.481 e. The molecule has 1 aromatic carbocycles. The second-order valence-electron chi connectivity index (χ2n) is 12.1. The van der Waals surface area contributed by atoms with Crippen molar-refractivity contribution < 1.29 is 29.2 Å². The number of fused-ring (bicyclic) bond motifs is 1. The molecular formula is C34H44N4O7. The van der Waals surface area contributed by atoms with Gasteiger partial charge in [-0.1, -0.05) is 47.0 Å². The van der Waals surface area contributed by atoms with Gasteiger partial charge >= 0.3 is 5.97 Å². The van der Waals surface area contributed by atoms with Crippen molar-refractivity contribution in [2.24, 2.45) is 5.92 Å². The maximum atomic E-state index is 13.6. The first kappa shape index (κ1) is 35.2. The third kappa shape index (κ3) is 8.05. The molecule has 0 spiro atoms. The number of carbonyl (C=O) groups is 3. The number of unbranched alkanes of at least 4 members (excludes halogenated alkanes) is 1. The number of nitrogens with zero attached hydrogens (tertiary/aromatic N) is 4. The average molecular weight is 621 g/mol. The smallest absolute Gasteiger partial charge is 0.303 e. The van der Waals surface area contributed by atoms with E-state index in [1.165, 1.54) is 12.1 Å². The topological polar surface area (TPSA) is 154 Å². The molecule has 0 aromatic heterocycles. The summed E-state index contributed by atoms with van der Waals surface area (Å²) in [6, 6.07) is 6.56. The van der Waals surface area contributed by atoms with Crippen LogP contribution in [0, 0.1) is 27.4 Å². The van der Waals surface area contributed by atoms with Crippen molar-refractivity contribution in [2.45, 2.75) is 85.0 Å². The number of carbonyl (C=O) groups excluding carboxylic acids is 2. The number of rotatable bonds is 16. The number of nitro groups is 1. The lowest BCUT2D eigenvalue weighted by molar-refractivity contribution is -0.384. The van der Waals surface area contributed by atoms with E-state index in [0.717, 1.165) is 36.3 Å². The summed E-state index contributed by atoms with van der Waals surface area (Å²) in [5, 5.41) is 30.5. The Morgan fingerprint density at radius 3 is 2.47 bits per heavy atom. The third-order valence-corrected chi connectivity index (χ3v) is 8.66. The first-order valence-corrected chi connectivity index (χ1v) is 15.6. The van der Waals surface area contributed by atoms with Gasteiger partial charge < -0.3 is 14.7 Å². The molecule has 45 heavy (non-hydrogen) atoms. The van der Waals surface area contributed by atoms with Gasteiger partial charge in [0.2, 0.25) is 0 Å². The van der Waals surface area contributed by atoms with Crippen LogP contribution >= 0.6 is 0 Å². The molecule has 11 heteroatoms. The number of allylic oxidation sites excluding steroid dienone is 3. The van der Waals surface area contributed by atoms with Gasteiger partial charge in [0, 0.05) is 67.2 Å². The number of hydrogen-bond donors (Lipinski definition) is 1. The number of nitro benzene ring substituents is 1. The van der Waals surface area contributed by atoms with Crippen LogP contribution in [0.4, 0.5) is 11.4 Å². The first-order chi connectivity index (χ1) is 21.4. The summed E-state index contributed by atoms with van der Waals surface area (Å²) in [4.78, 5) is 52.1. The minimum absolute atomic E-state index is 0.0574. The molecule has 2 aliphatic rings. The van der Waals surface area contributed by atoms with Crippen molar-refractivity contribution in [3.8, 4) is 6.07 Å². The van der Waals surface area contributed by atoms with E-state index >= 15 is 0 Å². The highest BCUT2D eigenvalue weighted by molar-refractivity contribution is 6.18. The maximum absolute atomic E-state index is 13.6. The van der Waals surface area contributed by atoms with Gasteiger partial charge in [-0.2, -0.15) is 5.26 Å². The monoisotopic (exact) mass is 620 g/mol. The van der Waals surface area contributed by atoms with Crippen LogP contribution < -0.4 is 4.90 Å². The summed E-state index contributed by atoms with van der Waals surface area (Å²) >= 11 is 0. The van der Waals surface area contributed by atoms with Gasteiger partial charge in [-0.25, -0.2) is 0 Å². The van der Waals surface area contributed by atoms with Gasteiger partial charge in [-0.15, -0.1) is 0 Å². The zero-order valence-electron chi connectivity index (χ0n) is 26.9. The summed E-state index contributed by atoms with van der Waals surface area (Å²) in [7, 11) is 0. The number of non-ortho nitro benzene ring substituents is 1. The van der Waals surface area contributed by atoms with Crippen molar-refractivity contribution in [3.63, 3.8) is 0 Å². The first-order valence-electron chi connectivity index (χ1n) is 15.6. The summed E-state index contributed by atoms with van der Waals surface area (Å²) in [6.07, 6.45) is 8.44. The quantitative estimate of drug-likeness (QED) is 0.0748. The van der Waals surface area contributed by atoms with Crippen LogP contribution in [0.25, 0.3) is 0 Å². The Balaban J connectivity index is 1.90. The lowest BCUT2D eigenvalue weighted by Crippen LogP contribution is -2.43. The molecule has 2 amide bonds. The van der Waals surface area contributed by atoms with Gasteiger partial charge in [-0.3, -0.25) is 29.4 Å². The molecule has 0 saturated heterocycles. The Kier molecular flexibility index (Phi) is 12.2. The summed E-state index contributed by atoms with van der Waals surface area (Å²) in [5.41, 5.74) is 1.72. The average Bonchev–Trinajstić information content (AvgIpc) is 3.20. The number of aliphatic carboxylic acids is 1. The fourth-order valence-corrected chi connectivity index (χ4v) is 5.90. The highest BCUT2D eigenvalue weighted by Gasteiger charge is 2.41. The van der Waals surface area contributed by atoms with E-state index in [2.05, 4.69) is 13.8 Å². The number of carboxylic acids is 1. The van der Waals surface area contributed by atoms with Gasteiger partial charge in [0.25, 0.3) is 17.5 Å². The number of nitriles is 1. The molecule has 1 atom stereocenters. The number of amides is 2. The van der Waals surface area contributed by atoms with Crippen LogP contribution in [0.1, 0.15) is 85.1 Å². The fourth-order valence-electron chi connectivity index (χ4n) is 5.90. The Morgan fingerprint density at radius 2 is 1.84 bits per heavy atom. The molecule has 0 saturated carbocycles. The summed E-state index contributed by atoms with van der Waals surface area (Å²) in [6.45, 7) is 11.1. The van der Waals surface area contributed by atoms with Gasteiger partial charge in [0.1, 0.15) is 11.6 Å². The fraction of sp³-hybridized carbons (Fsp3) is 0.529. The number of anilines is 1. The van der Waals surface area contributed by atoms with E-state index in [0.29, 0.717) is 49.8 Å². The van der Waals surface area contributed by atoms with Crippen molar-refractivity contribution in [2.75, 3.05) is 31.2 Å². The molecule has 1 N–H and O–H groups in total. The second kappa shape index (κ2) is 15.6. The SMILES string of the molecule is CCCCC(CC)COCCCN1C(=O)C(C#N)=C(C)/C(=C/C=C2/N(CCCC(=O)O)c3ccc([N+](=O)[O-])cc3C2(C)C)C1=O. The van der Waals surface area contributed by atoms with E-state index < -0.39 is 28.1 Å². The molecular weight excluding hydrogens is 576 g/mol. The molecule has 1 aromatic rings. The second-order valence-corrected chi connectivity index (χ2v) is 12.1. The molecule has 3 rings (SSSR count). The minimum Gasteiger partial charge on any atom is -0.481 e. The predicted molar refractivity (Wildman–Crippen MR) is 170 cm³/mol. The number of carboxylic acid groups (broad SMARTS) is 1. The standard InChI is InChI=1S/C34H44N4O7/c1-6-8-11-24(7-2)22-45-19-10-18-37-32(41)26(23(3)27(21-35)33(37)42)14-16-30-34(4,5)28-20-25(38(43)44)13-15-29(28)36(30)17-9-12-31(39)40/h13-16,20,24H,6-12,17-19,22H2,1-5H3,(H,39,40)/b26-14-,30-16+. The van der Waals surface area contributed by atoms with Crippen molar-refractivity contribution in [1.29, 1.82) is 5.26 Å². The van der Waals surface area contributed by atoms with Crippen molar-refractivity contribution >= 4 is 29.2 Å². The summed E-state index contributed by atoms with van der Waals surface area (Å²) < 4.78 is 5.86. The molecule has 2 heterocycles. The zero-order valence-corrected chi connectivity index (χ0v) is 26.9. The Bertz CT molecular complexity index is 1450. The van der Waals surface area contributed by atoms with Gasteiger partial charge in [0.05, 0.1) is 4.92 Å². The van der Waals surface area contributed by atoms with Crippen molar-refractivity contribution in [3.05, 3.63) is 68.4 Å². The highest BCUT2D eigenvalue weighted by Crippen LogP contribution is 2.49. The van der Waals surface area contributed by atoms with Crippen LogP contribution in [0.5, 0.6) is 0 Å². The molecule has 0 bridgehead atoms. The minimum atomic E-state index is -0.931. The van der Waals surface area contributed by atoms with E-state index in [1.54, 1.807) is 25.1 Å². The van der Waals surface area contributed by atoms with E-state index in [9.17, 15) is 34.9 Å². The van der Waals surface area contributed by atoms with Crippen LogP contribution in [-0.2, 0) is 24.5 Å². The molecule has 2 aliphatic heterocycles. The van der Waals surface area contributed by atoms with E-state index in [4.69, 9.17) is 4.74 Å². The predicted octanol–water partition coefficient (Wildman–Crippen LogP) is 6.20. The number of hydrogen-bond acceptors (Lipinski definition) is 8. The Morgan fingerprint density at radius 1 is 1.13 bits per heavy atom. The number of imide groups is 1. The van der Waals surface area contributed by atoms with E-state index in [1.807, 2.05) is 24.8 Å². The van der Waals surface area contributed by atoms with Crippen LogP contribution in [0.15, 0.2) is 52.8 Å².